The molecule has 2 aromatic heterocycles. The Balaban J connectivity index is 0.000000128. The molecule has 7 heteroatoms. The molecule has 0 amide bonds. The first-order valence-corrected chi connectivity index (χ1v) is 16.3. The molecule has 1 N–H and O–H groups in total. The standard InChI is InChI=1S/C18H15ClN2.C12H12N2.C6H4ClI/c19-16-6-1-2-7-17(16)21-12-14-11-18(14,13-21)9-8-15-5-3-4-10-20-15;1-2-6-14-11(3-1)4-5-12-7-10(12)8-13-9-12;7-5-3-1-2-4-6(5)8/h1-7,10,14H,11-13H2;1-3,6,10,13H,7-9H2;1-4H. The van der Waals surface area contributed by atoms with Gasteiger partial charge in [0.1, 0.15) is 11.4 Å². The molecule has 4 unspecified atom stereocenters. The molecule has 0 spiro atoms. The van der Waals surface area contributed by atoms with Crippen LogP contribution in [0.4, 0.5) is 5.69 Å². The van der Waals surface area contributed by atoms with E-state index in [9.17, 15) is 0 Å². The molecule has 2 aliphatic carbocycles. The highest BCUT2D eigenvalue weighted by Gasteiger charge is 2.59. The highest BCUT2D eigenvalue weighted by atomic mass is 127. The predicted molar refractivity (Wildman–Crippen MR) is 184 cm³/mol. The van der Waals surface area contributed by atoms with Gasteiger partial charge in [0.25, 0.3) is 0 Å². The highest BCUT2D eigenvalue weighted by Crippen LogP contribution is 2.58. The van der Waals surface area contributed by atoms with Gasteiger partial charge in [-0.1, -0.05) is 71.4 Å². The lowest BCUT2D eigenvalue weighted by atomic mass is 10.1. The summed E-state index contributed by atoms with van der Waals surface area (Å²) in [6, 6.07) is 27.5. The number of piperidine rings is 2. The first-order chi connectivity index (χ1) is 21.0. The Hall–Kier alpha value is -3.07. The maximum absolute atomic E-state index is 6.30. The number of aromatic nitrogens is 2. The van der Waals surface area contributed by atoms with E-state index in [1.54, 1.807) is 12.4 Å². The van der Waals surface area contributed by atoms with Gasteiger partial charge in [-0.05, 0) is 114 Å². The third kappa shape index (κ3) is 7.36. The van der Waals surface area contributed by atoms with Crippen molar-refractivity contribution in [2.45, 2.75) is 12.8 Å². The van der Waals surface area contributed by atoms with Gasteiger partial charge in [0.05, 0.1) is 21.1 Å². The molecule has 2 saturated carbocycles. The number of anilines is 1. The van der Waals surface area contributed by atoms with Crippen molar-refractivity contribution < 1.29 is 0 Å². The molecule has 8 rings (SSSR count). The van der Waals surface area contributed by atoms with E-state index in [0.29, 0.717) is 11.3 Å². The zero-order valence-electron chi connectivity index (χ0n) is 23.6. The molecule has 4 aliphatic rings. The van der Waals surface area contributed by atoms with Crippen LogP contribution in [0.5, 0.6) is 0 Å². The average Bonchev–Trinajstić information content (AvgIpc) is 3.82. The van der Waals surface area contributed by atoms with E-state index in [2.05, 4.69) is 72.5 Å². The summed E-state index contributed by atoms with van der Waals surface area (Å²) in [5.74, 6) is 14.7. The average molecular weight is 717 g/mol. The zero-order valence-corrected chi connectivity index (χ0v) is 27.3. The van der Waals surface area contributed by atoms with Gasteiger partial charge in [-0.25, -0.2) is 9.97 Å². The predicted octanol–water partition coefficient (Wildman–Crippen LogP) is 7.60. The zero-order chi connectivity index (χ0) is 29.7. The molecular formula is C36H31Cl2IN4. The smallest absolute Gasteiger partial charge is 0.113 e. The molecule has 4 heterocycles. The summed E-state index contributed by atoms with van der Waals surface area (Å²) in [4.78, 5) is 10.8. The van der Waals surface area contributed by atoms with Gasteiger partial charge in [0.15, 0.2) is 0 Å². The van der Waals surface area contributed by atoms with Crippen molar-refractivity contribution in [2.24, 2.45) is 22.7 Å². The summed E-state index contributed by atoms with van der Waals surface area (Å²) >= 11 is 14.2. The molecule has 216 valence electrons. The van der Waals surface area contributed by atoms with Crippen molar-refractivity contribution in [1.82, 2.24) is 15.3 Å². The van der Waals surface area contributed by atoms with E-state index in [1.807, 2.05) is 78.9 Å². The quantitative estimate of drug-likeness (QED) is 0.163. The lowest BCUT2D eigenvalue weighted by molar-refractivity contribution is 0.666. The summed E-state index contributed by atoms with van der Waals surface area (Å²) in [5.41, 5.74) is 3.33. The lowest BCUT2D eigenvalue weighted by Crippen LogP contribution is -2.24. The molecular weight excluding hydrogens is 686 g/mol. The van der Waals surface area contributed by atoms with Gasteiger partial charge < -0.3 is 10.2 Å². The summed E-state index contributed by atoms with van der Waals surface area (Å²) in [5, 5.41) is 5.03. The van der Waals surface area contributed by atoms with E-state index in [4.69, 9.17) is 23.2 Å². The summed E-state index contributed by atoms with van der Waals surface area (Å²) < 4.78 is 1.10. The SMILES string of the molecule is C(#CC12CNCC1C2)c1ccccn1.Clc1ccccc1I.Clc1ccccc1N1CC2CC2(C#Cc2ccccn2)C1. The maximum atomic E-state index is 6.30. The monoisotopic (exact) mass is 716 g/mol. The number of benzene rings is 2. The van der Waals surface area contributed by atoms with Gasteiger partial charge >= 0.3 is 0 Å². The number of hydrogen-bond acceptors (Lipinski definition) is 4. The van der Waals surface area contributed by atoms with Crippen LogP contribution in [-0.2, 0) is 0 Å². The van der Waals surface area contributed by atoms with Crippen LogP contribution < -0.4 is 10.2 Å². The second-order valence-electron chi connectivity index (χ2n) is 11.4. The van der Waals surface area contributed by atoms with Crippen LogP contribution in [-0.4, -0.2) is 36.1 Å². The number of hydrogen-bond donors (Lipinski definition) is 1. The first-order valence-electron chi connectivity index (χ1n) is 14.5. The Kier molecular flexibility index (Phi) is 9.26. The molecule has 2 aromatic carbocycles. The van der Waals surface area contributed by atoms with E-state index in [0.717, 1.165) is 62.8 Å². The second-order valence-corrected chi connectivity index (χ2v) is 13.4. The number of nitrogens with one attached hydrogen (secondary N) is 1. The van der Waals surface area contributed by atoms with Gasteiger partial charge in [-0.2, -0.15) is 0 Å². The van der Waals surface area contributed by atoms with Crippen LogP contribution in [0.25, 0.3) is 0 Å². The lowest BCUT2D eigenvalue weighted by Gasteiger charge is -2.22. The van der Waals surface area contributed by atoms with E-state index < -0.39 is 0 Å². The van der Waals surface area contributed by atoms with Crippen LogP contribution in [0, 0.1) is 49.9 Å². The van der Waals surface area contributed by atoms with E-state index >= 15 is 0 Å². The molecule has 2 saturated heterocycles. The summed E-state index contributed by atoms with van der Waals surface area (Å²) in [6.45, 7) is 4.25. The molecule has 0 bridgehead atoms. The van der Waals surface area contributed by atoms with Crippen molar-refractivity contribution in [3.63, 3.8) is 0 Å². The minimum Gasteiger partial charge on any atom is -0.368 e. The Morgan fingerprint density at radius 3 is 1.88 bits per heavy atom. The molecule has 0 radical (unpaired) electrons. The number of halogens is 3. The van der Waals surface area contributed by atoms with E-state index in [1.165, 1.54) is 12.8 Å². The van der Waals surface area contributed by atoms with Crippen LogP contribution in [0.3, 0.4) is 0 Å². The Bertz CT molecular complexity index is 1670. The topological polar surface area (TPSA) is 41.1 Å². The fraction of sp³-hybridized carbons (Fsp3) is 0.278. The van der Waals surface area contributed by atoms with Crippen molar-refractivity contribution in [1.29, 1.82) is 0 Å². The number of nitrogens with zero attached hydrogens (tertiary/aromatic N) is 3. The number of pyridine rings is 2. The second kappa shape index (κ2) is 13.3. The molecule has 4 nitrogen and oxygen atoms in total. The molecule has 4 aromatic rings. The van der Waals surface area contributed by atoms with Crippen LogP contribution in [0.15, 0.2) is 97.3 Å². The number of fused-ring (bicyclic) bond motifs is 2. The molecule has 2 aliphatic heterocycles. The third-order valence-corrected chi connectivity index (χ3v) is 10.3. The van der Waals surface area contributed by atoms with Crippen molar-refractivity contribution in [3.05, 3.63) is 122 Å². The van der Waals surface area contributed by atoms with Crippen molar-refractivity contribution >= 4 is 51.5 Å². The largest absolute Gasteiger partial charge is 0.368 e. The number of para-hydroxylation sites is 1. The van der Waals surface area contributed by atoms with Gasteiger partial charge in [0.2, 0.25) is 0 Å². The van der Waals surface area contributed by atoms with Crippen LogP contribution in [0.1, 0.15) is 24.2 Å². The highest BCUT2D eigenvalue weighted by molar-refractivity contribution is 14.1. The normalized spacial score (nSPS) is 25.1. The fourth-order valence-corrected chi connectivity index (χ4v) is 6.57. The van der Waals surface area contributed by atoms with Gasteiger partial charge in [-0.3, -0.25) is 0 Å². The Morgan fingerprint density at radius 2 is 1.35 bits per heavy atom. The van der Waals surface area contributed by atoms with Gasteiger partial charge in [0, 0.05) is 41.0 Å². The van der Waals surface area contributed by atoms with E-state index in [-0.39, 0.29) is 5.41 Å². The Morgan fingerprint density at radius 1 is 0.744 bits per heavy atom. The third-order valence-electron chi connectivity index (χ3n) is 8.44. The van der Waals surface area contributed by atoms with Gasteiger partial charge in [-0.15, -0.1) is 0 Å². The number of rotatable bonds is 1. The summed E-state index contributed by atoms with van der Waals surface area (Å²) in [7, 11) is 0. The maximum Gasteiger partial charge on any atom is 0.113 e. The van der Waals surface area contributed by atoms with Crippen LogP contribution >= 0.6 is 45.8 Å². The fourth-order valence-electron chi connectivity index (χ4n) is 5.79. The van der Waals surface area contributed by atoms with Crippen molar-refractivity contribution in [2.75, 3.05) is 31.1 Å². The van der Waals surface area contributed by atoms with Crippen LogP contribution in [0.2, 0.25) is 10.0 Å². The minimum absolute atomic E-state index is 0.149. The molecule has 4 fully saturated rings. The summed E-state index contributed by atoms with van der Waals surface area (Å²) in [6.07, 6.45) is 6.06. The molecule has 43 heavy (non-hydrogen) atoms. The molecule has 4 atom stereocenters. The van der Waals surface area contributed by atoms with Crippen molar-refractivity contribution in [3.8, 4) is 23.7 Å². The minimum atomic E-state index is 0.149. The first kappa shape index (κ1) is 30.0. The Labute approximate surface area is 277 Å².